The van der Waals surface area contributed by atoms with Crippen LogP contribution in [0.4, 0.5) is 0 Å². The van der Waals surface area contributed by atoms with Gasteiger partial charge in [-0.3, -0.25) is 4.79 Å². The minimum atomic E-state index is -0.149. The molecule has 1 aromatic carbocycles. The molecule has 0 saturated heterocycles. The van der Waals surface area contributed by atoms with Crippen LogP contribution in [-0.2, 0) is 11.2 Å². The molecule has 7 heteroatoms. The molecule has 3 aromatic rings. The molecule has 1 amide bonds. The maximum Gasteiger partial charge on any atom is 0.257 e. The zero-order valence-electron chi connectivity index (χ0n) is 15.6. The molecule has 5 nitrogen and oxygen atoms in total. The van der Waals surface area contributed by atoms with Gasteiger partial charge in [0.2, 0.25) is 0 Å². The first-order valence-electron chi connectivity index (χ1n) is 8.60. The molecular weight excluding hydrogens is 380 g/mol. The molecule has 0 aliphatic heterocycles. The summed E-state index contributed by atoms with van der Waals surface area (Å²) in [6.07, 6.45) is 0.785. The highest BCUT2D eigenvalue weighted by atomic mass is 32.1. The number of amides is 1. The Balaban J connectivity index is 1.44. The van der Waals surface area contributed by atoms with Crippen LogP contribution < -0.4 is 14.8 Å². The Labute approximate surface area is 167 Å². The number of carbonyl (C=O) groups is 1. The summed E-state index contributed by atoms with van der Waals surface area (Å²) >= 11 is 3.37. The number of aromatic nitrogens is 1. The van der Waals surface area contributed by atoms with E-state index < -0.39 is 0 Å². The van der Waals surface area contributed by atoms with Crippen molar-refractivity contribution in [2.45, 2.75) is 20.3 Å². The Bertz CT molecular complexity index is 918. The molecule has 27 heavy (non-hydrogen) atoms. The first-order chi connectivity index (χ1) is 13.0. The highest BCUT2D eigenvalue weighted by Crippen LogP contribution is 2.29. The Hall–Kier alpha value is -2.38. The number of methoxy groups -OCH3 is 1. The Kier molecular flexibility index (Phi) is 6.47. The molecule has 1 N–H and O–H groups in total. The lowest BCUT2D eigenvalue weighted by atomic mass is 10.2. The lowest BCUT2D eigenvalue weighted by molar-refractivity contribution is -0.123. The van der Waals surface area contributed by atoms with Gasteiger partial charge < -0.3 is 14.8 Å². The molecule has 0 radical (unpaired) electrons. The summed E-state index contributed by atoms with van der Waals surface area (Å²) in [7, 11) is 1.59. The number of nitrogens with one attached hydrogen (secondary N) is 1. The standard InChI is InChI=1S/C20H22N2O3S2/c1-13-4-6-17(18(10-13)24-3)25-11-20(23)21-9-8-15-5-7-19(27-15)16-12-26-14(2)22-16/h4-7,10,12H,8-9,11H2,1-3H3,(H,21,23). The minimum Gasteiger partial charge on any atom is -0.493 e. The number of aryl methyl sites for hydroxylation is 2. The highest BCUT2D eigenvalue weighted by molar-refractivity contribution is 7.16. The summed E-state index contributed by atoms with van der Waals surface area (Å²) in [6, 6.07) is 9.80. The molecule has 0 aliphatic carbocycles. The van der Waals surface area contributed by atoms with E-state index in [4.69, 9.17) is 9.47 Å². The maximum atomic E-state index is 12.0. The number of hydrogen-bond acceptors (Lipinski definition) is 6. The third kappa shape index (κ3) is 5.30. The van der Waals surface area contributed by atoms with Crippen LogP contribution in [0, 0.1) is 13.8 Å². The highest BCUT2D eigenvalue weighted by Gasteiger charge is 2.09. The van der Waals surface area contributed by atoms with Gasteiger partial charge in [0.25, 0.3) is 5.91 Å². The van der Waals surface area contributed by atoms with Crippen LogP contribution in [0.1, 0.15) is 15.4 Å². The summed E-state index contributed by atoms with van der Waals surface area (Å²) in [6.45, 7) is 4.52. The molecule has 2 heterocycles. The van der Waals surface area contributed by atoms with E-state index in [1.54, 1.807) is 29.8 Å². The van der Waals surface area contributed by atoms with Crippen molar-refractivity contribution in [1.29, 1.82) is 0 Å². The molecule has 2 aromatic heterocycles. The average molecular weight is 403 g/mol. The van der Waals surface area contributed by atoms with E-state index in [1.165, 1.54) is 4.88 Å². The zero-order chi connectivity index (χ0) is 19.2. The van der Waals surface area contributed by atoms with Crippen molar-refractivity contribution in [3.05, 3.63) is 51.2 Å². The predicted octanol–water partition coefficient (Wildman–Crippen LogP) is 4.23. The van der Waals surface area contributed by atoms with Gasteiger partial charge in [0.1, 0.15) is 0 Å². The van der Waals surface area contributed by atoms with Gasteiger partial charge in [-0.05, 0) is 50.1 Å². The average Bonchev–Trinajstić information content (AvgIpc) is 3.29. The summed E-state index contributed by atoms with van der Waals surface area (Å²) in [5, 5.41) is 6.03. The van der Waals surface area contributed by atoms with Gasteiger partial charge in [-0.25, -0.2) is 4.98 Å². The third-order valence-electron chi connectivity index (χ3n) is 3.90. The van der Waals surface area contributed by atoms with Gasteiger partial charge in [-0.2, -0.15) is 0 Å². The summed E-state index contributed by atoms with van der Waals surface area (Å²) in [4.78, 5) is 18.9. The molecule has 0 spiro atoms. The number of nitrogens with zero attached hydrogens (tertiary/aromatic N) is 1. The molecule has 142 valence electrons. The molecule has 0 aliphatic rings. The van der Waals surface area contributed by atoms with E-state index in [9.17, 15) is 4.79 Å². The monoisotopic (exact) mass is 402 g/mol. The number of hydrogen-bond donors (Lipinski definition) is 1. The molecule has 0 bridgehead atoms. The van der Waals surface area contributed by atoms with Gasteiger partial charge >= 0.3 is 0 Å². The third-order valence-corrected chi connectivity index (χ3v) is 5.85. The van der Waals surface area contributed by atoms with Gasteiger partial charge in [0.05, 0.1) is 22.7 Å². The van der Waals surface area contributed by atoms with Crippen LogP contribution in [0.5, 0.6) is 11.5 Å². The van der Waals surface area contributed by atoms with Crippen molar-refractivity contribution in [1.82, 2.24) is 10.3 Å². The Morgan fingerprint density at radius 1 is 1.19 bits per heavy atom. The van der Waals surface area contributed by atoms with Crippen molar-refractivity contribution in [2.75, 3.05) is 20.3 Å². The van der Waals surface area contributed by atoms with Gasteiger partial charge in [-0.1, -0.05) is 6.07 Å². The van der Waals surface area contributed by atoms with Crippen molar-refractivity contribution < 1.29 is 14.3 Å². The summed E-state index contributed by atoms with van der Waals surface area (Å²) in [5.74, 6) is 1.05. The van der Waals surface area contributed by atoms with E-state index in [2.05, 4.69) is 27.8 Å². The second-order valence-corrected chi connectivity index (χ2v) is 8.29. The van der Waals surface area contributed by atoms with Crippen LogP contribution in [0.2, 0.25) is 0 Å². The van der Waals surface area contributed by atoms with Crippen molar-refractivity contribution >= 4 is 28.6 Å². The second kappa shape index (κ2) is 9.01. The van der Waals surface area contributed by atoms with Gasteiger partial charge in [0.15, 0.2) is 18.1 Å². The Morgan fingerprint density at radius 3 is 2.78 bits per heavy atom. The number of carbonyl (C=O) groups excluding carboxylic acids is 1. The first-order valence-corrected chi connectivity index (χ1v) is 10.3. The van der Waals surface area contributed by atoms with Crippen molar-refractivity contribution in [3.63, 3.8) is 0 Å². The van der Waals surface area contributed by atoms with E-state index in [0.717, 1.165) is 27.6 Å². The second-order valence-electron chi connectivity index (χ2n) is 6.06. The minimum absolute atomic E-state index is 0.0345. The fourth-order valence-corrected chi connectivity index (χ4v) is 4.20. The number of benzene rings is 1. The maximum absolute atomic E-state index is 12.0. The first kappa shape index (κ1) is 19.4. The topological polar surface area (TPSA) is 60.5 Å². The lowest BCUT2D eigenvalue weighted by Gasteiger charge is -2.11. The van der Waals surface area contributed by atoms with E-state index >= 15 is 0 Å². The van der Waals surface area contributed by atoms with E-state index in [1.807, 2.05) is 32.0 Å². The van der Waals surface area contributed by atoms with Crippen LogP contribution in [0.15, 0.2) is 35.7 Å². The smallest absolute Gasteiger partial charge is 0.257 e. The number of ether oxygens (including phenoxy) is 2. The molecule has 0 saturated carbocycles. The normalized spacial score (nSPS) is 10.6. The van der Waals surface area contributed by atoms with Crippen LogP contribution in [0.3, 0.4) is 0 Å². The van der Waals surface area contributed by atoms with Crippen LogP contribution in [0.25, 0.3) is 10.6 Å². The van der Waals surface area contributed by atoms with Crippen LogP contribution >= 0.6 is 22.7 Å². The van der Waals surface area contributed by atoms with E-state index in [-0.39, 0.29) is 12.5 Å². The molecule has 0 fully saturated rings. The molecule has 3 rings (SSSR count). The zero-order valence-corrected chi connectivity index (χ0v) is 17.2. The van der Waals surface area contributed by atoms with Gasteiger partial charge in [0, 0.05) is 16.8 Å². The molecule has 0 atom stereocenters. The summed E-state index contributed by atoms with van der Waals surface area (Å²) < 4.78 is 10.8. The number of rotatable bonds is 8. The lowest BCUT2D eigenvalue weighted by Crippen LogP contribution is -2.30. The van der Waals surface area contributed by atoms with Crippen molar-refractivity contribution in [2.24, 2.45) is 0 Å². The quantitative estimate of drug-likeness (QED) is 0.612. The van der Waals surface area contributed by atoms with Crippen LogP contribution in [-0.4, -0.2) is 31.2 Å². The largest absolute Gasteiger partial charge is 0.493 e. The number of thiazole rings is 1. The SMILES string of the molecule is COc1cc(C)ccc1OCC(=O)NCCc1ccc(-c2csc(C)n2)s1. The molecular formula is C20H22N2O3S2. The van der Waals surface area contributed by atoms with Crippen molar-refractivity contribution in [3.8, 4) is 22.1 Å². The van der Waals surface area contributed by atoms with Gasteiger partial charge in [-0.15, -0.1) is 22.7 Å². The molecule has 0 unspecified atom stereocenters. The number of thiophene rings is 1. The van der Waals surface area contributed by atoms with E-state index in [0.29, 0.717) is 18.0 Å². The fourth-order valence-electron chi connectivity index (χ4n) is 2.54. The summed E-state index contributed by atoms with van der Waals surface area (Å²) in [5.41, 5.74) is 2.10. The fraction of sp³-hybridized carbons (Fsp3) is 0.300. The predicted molar refractivity (Wildman–Crippen MR) is 110 cm³/mol. The Morgan fingerprint density at radius 2 is 2.04 bits per heavy atom.